The summed E-state index contributed by atoms with van der Waals surface area (Å²) in [6, 6.07) is 18.2. The number of carbonyl (C=O) groups is 3. The number of ether oxygens (including phenoxy) is 5. The summed E-state index contributed by atoms with van der Waals surface area (Å²) in [4.78, 5) is 40.3. The van der Waals surface area contributed by atoms with Gasteiger partial charge in [0.05, 0.1) is 52.1 Å². The fourth-order valence-corrected chi connectivity index (χ4v) is 3.34. The van der Waals surface area contributed by atoms with E-state index in [1.165, 1.54) is 39.5 Å². The minimum absolute atomic E-state index is 0.122. The Bertz CT molecular complexity index is 1480. The van der Waals surface area contributed by atoms with Crippen LogP contribution >= 0.6 is 0 Å². The molecule has 0 aliphatic carbocycles. The molecule has 4 rings (SSSR count). The van der Waals surface area contributed by atoms with E-state index in [1.807, 2.05) is 12.9 Å². The molecule has 0 amide bonds. The van der Waals surface area contributed by atoms with Crippen LogP contribution in [-0.4, -0.2) is 59.7 Å². The minimum Gasteiger partial charge on any atom is -0.507 e. The van der Waals surface area contributed by atoms with Crippen LogP contribution in [0.15, 0.2) is 82.0 Å². The minimum atomic E-state index is -0.423. The predicted molar refractivity (Wildman–Crippen MR) is 157 cm³/mol. The lowest BCUT2D eigenvalue weighted by Crippen LogP contribution is -1.95. The smallest absolute Gasteiger partial charge is 0.336 e. The first-order chi connectivity index (χ1) is 20.3. The Morgan fingerprint density at radius 1 is 0.738 bits per heavy atom. The van der Waals surface area contributed by atoms with Crippen LogP contribution in [0.2, 0.25) is 0 Å². The highest BCUT2D eigenvalue weighted by Gasteiger charge is 2.08. The maximum absolute atomic E-state index is 11.0. The van der Waals surface area contributed by atoms with Crippen LogP contribution in [0.1, 0.15) is 15.9 Å². The van der Waals surface area contributed by atoms with E-state index in [1.54, 1.807) is 68.8 Å². The molecule has 222 valence electrons. The lowest BCUT2D eigenvalue weighted by atomic mass is 10.1. The van der Waals surface area contributed by atoms with E-state index in [-0.39, 0.29) is 5.75 Å². The van der Waals surface area contributed by atoms with Gasteiger partial charge in [0.25, 0.3) is 0 Å². The van der Waals surface area contributed by atoms with Gasteiger partial charge in [-0.25, -0.2) is 9.59 Å². The largest absolute Gasteiger partial charge is 0.507 e. The maximum atomic E-state index is 11.0. The molecule has 0 aliphatic heterocycles. The maximum Gasteiger partial charge on any atom is 0.336 e. The van der Waals surface area contributed by atoms with Crippen molar-refractivity contribution in [2.45, 2.75) is 0 Å². The number of phenolic OH excluding ortho intramolecular Hbond substituents is 1. The van der Waals surface area contributed by atoms with Gasteiger partial charge >= 0.3 is 11.6 Å². The zero-order valence-electron chi connectivity index (χ0n) is 23.8. The van der Waals surface area contributed by atoms with E-state index >= 15 is 0 Å². The molecule has 0 saturated heterocycles. The number of methoxy groups -OCH3 is 5. The molecular weight excluding hydrogens is 548 g/mol. The molecule has 11 nitrogen and oxygen atoms in total. The quantitative estimate of drug-likeness (QED) is 0.140. The second-order valence-corrected chi connectivity index (χ2v) is 7.57. The molecule has 3 aromatic carbocycles. The van der Waals surface area contributed by atoms with Gasteiger partial charge in [0.15, 0.2) is 6.29 Å². The Morgan fingerprint density at radius 3 is 1.67 bits per heavy atom. The summed E-state index contributed by atoms with van der Waals surface area (Å²) in [6.07, 6.45) is 3.64. The first-order valence-corrected chi connectivity index (χ1v) is 12.0. The van der Waals surface area contributed by atoms with E-state index in [2.05, 4.69) is 4.74 Å². The molecule has 4 aromatic rings. The topological polar surface area (TPSA) is 148 Å². The van der Waals surface area contributed by atoms with Crippen molar-refractivity contribution in [3.8, 4) is 28.7 Å². The number of aromatic hydroxyl groups is 1. The van der Waals surface area contributed by atoms with Crippen molar-refractivity contribution in [1.29, 1.82) is 0 Å². The Labute approximate surface area is 242 Å². The van der Waals surface area contributed by atoms with Gasteiger partial charge in [-0.3, -0.25) is 4.79 Å². The summed E-state index contributed by atoms with van der Waals surface area (Å²) < 4.78 is 29.6. The number of hydrogen-bond donors (Lipinski definition) is 1. The van der Waals surface area contributed by atoms with Crippen LogP contribution in [0.4, 0.5) is 0 Å². The van der Waals surface area contributed by atoms with Crippen LogP contribution in [0.3, 0.4) is 0 Å². The Morgan fingerprint density at radius 2 is 1.21 bits per heavy atom. The zero-order valence-corrected chi connectivity index (χ0v) is 23.8. The third-order valence-corrected chi connectivity index (χ3v) is 5.28. The number of benzene rings is 3. The molecule has 0 unspecified atom stereocenters. The van der Waals surface area contributed by atoms with Crippen LogP contribution in [0.25, 0.3) is 17.0 Å². The predicted octanol–water partition coefficient (Wildman–Crippen LogP) is 4.72. The average Bonchev–Trinajstić information content (AvgIpc) is 3.04. The van der Waals surface area contributed by atoms with Crippen LogP contribution < -0.4 is 24.6 Å². The van der Waals surface area contributed by atoms with Crippen molar-refractivity contribution in [2.75, 3.05) is 35.5 Å². The van der Waals surface area contributed by atoms with E-state index in [4.69, 9.17) is 28.2 Å². The molecule has 0 saturated carbocycles. The number of phenols is 1. The fourth-order valence-electron chi connectivity index (χ4n) is 3.34. The number of fused-ring (bicyclic) bond motifs is 1. The highest BCUT2D eigenvalue weighted by molar-refractivity contribution is 5.88. The van der Waals surface area contributed by atoms with Crippen molar-refractivity contribution < 1.29 is 47.6 Å². The molecule has 42 heavy (non-hydrogen) atoms. The molecule has 0 radical (unpaired) electrons. The summed E-state index contributed by atoms with van der Waals surface area (Å²) in [5.74, 6) is 2.04. The van der Waals surface area contributed by atoms with Crippen molar-refractivity contribution in [2.24, 2.45) is 0 Å². The van der Waals surface area contributed by atoms with Gasteiger partial charge in [0.2, 0.25) is 0 Å². The highest BCUT2D eigenvalue weighted by atomic mass is 16.5. The molecule has 0 aliphatic rings. The van der Waals surface area contributed by atoms with Crippen molar-refractivity contribution in [1.82, 2.24) is 0 Å². The van der Waals surface area contributed by atoms with Gasteiger partial charge in [-0.1, -0.05) is 18.2 Å². The summed E-state index contributed by atoms with van der Waals surface area (Å²) in [7, 11) is 7.48. The van der Waals surface area contributed by atoms with Gasteiger partial charge in [0, 0.05) is 12.1 Å². The molecule has 0 bridgehead atoms. The molecule has 0 spiro atoms. The summed E-state index contributed by atoms with van der Waals surface area (Å²) >= 11 is 0. The standard InChI is InChI=1S/C12H14O4.C9H6O3.C9H10O3.CH2O/c1-14-10-5-4-6-11(15-2)9(10)7-8-12(13)16-3;10-7-2-1-3-8-6(7)4-5-9(11)12-8;1-11-8-4-3-5-9(12-2)7(8)6-10;1-2/h4-8H,1-3H3;1-5,10H;3-6H,1-2H3;1H2/b8-7+;;;. The number of aldehydes is 1. The third-order valence-electron chi connectivity index (χ3n) is 5.28. The number of rotatable bonds is 7. The average molecular weight is 581 g/mol. The molecule has 1 aromatic heterocycles. The van der Waals surface area contributed by atoms with Crippen molar-refractivity contribution in [3.63, 3.8) is 0 Å². The van der Waals surface area contributed by atoms with Crippen molar-refractivity contribution in [3.05, 3.63) is 94.4 Å². The third kappa shape index (κ3) is 9.87. The first kappa shape index (κ1) is 34.4. The normalized spacial score (nSPS) is 9.55. The summed E-state index contributed by atoms with van der Waals surface area (Å²) in [5.41, 5.74) is 1.15. The lowest BCUT2D eigenvalue weighted by molar-refractivity contribution is -0.134. The lowest BCUT2D eigenvalue weighted by Gasteiger charge is -2.09. The molecule has 0 atom stereocenters. The molecule has 1 heterocycles. The van der Waals surface area contributed by atoms with E-state index in [0.29, 0.717) is 45.1 Å². The van der Waals surface area contributed by atoms with Crippen LogP contribution in [0, 0.1) is 0 Å². The zero-order chi connectivity index (χ0) is 31.5. The monoisotopic (exact) mass is 580 g/mol. The Kier molecular flexibility index (Phi) is 15.3. The van der Waals surface area contributed by atoms with E-state index < -0.39 is 11.6 Å². The van der Waals surface area contributed by atoms with Crippen LogP contribution in [-0.2, 0) is 14.3 Å². The molecule has 0 fully saturated rings. The van der Waals surface area contributed by atoms with E-state index in [9.17, 15) is 19.5 Å². The van der Waals surface area contributed by atoms with E-state index in [0.717, 1.165) is 6.29 Å². The second kappa shape index (κ2) is 18.7. The van der Waals surface area contributed by atoms with Gasteiger partial charge in [0.1, 0.15) is 41.1 Å². The number of hydrogen-bond acceptors (Lipinski definition) is 11. The second-order valence-electron chi connectivity index (χ2n) is 7.57. The fraction of sp³-hybridized carbons (Fsp3) is 0.161. The molecular formula is C31H32O11. The summed E-state index contributed by atoms with van der Waals surface area (Å²) in [6.45, 7) is 2.00. The van der Waals surface area contributed by atoms with Crippen LogP contribution in [0.5, 0.6) is 28.7 Å². The number of carbonyl (C=O) groups excluding carboxylic acids is 3. The van der Waals surface area contributed by atoms with Gasteiger partial charge in [-0.2, -0.15) is 0 Å². The first-order valence-electron chi connectivity index (χ1n) is 12.0. The van der Waals surface area contributed by atoms with Gasteiger partial charge in [-0.15, -0.1) is 0 Å². The Balaban J connectivity index is 0.000000309. The molecule has 11 heteroatoms. The SMILES string of the molecule is C=O.COC(=O)/C=C/c1c(OC)cccc1OC.COc1cccc(OC)c1C=O.O=c1ccc2c(O)cccc2o1. The Hall–Kier alpha value is -5.58. The summed E-state index contributed by atoms with van der Waals surface area (Å²) in [5, 5.41) is 9.85. The highest BCUT2D eigenvalue weighted by Crippen LogP contribution is 2.29. The van der Waals surface area contributed by atoms with Gasteiger partial charge in [-0.05, 0) is 48.5 Å². The van der Waals surface area contributed by atoms with Crippen molar-refractivity contribution >= 4 is 36.1 Å². The molecule has 1 N–H and O–H groups in total. The van der Waals surface area contributed by atoms with Gasteiger partial charge < -0.3 is 38.0 Å². The number of esters is 1.